The second kappa shape index (κ2) is 10.7. The summed E-state index contributed by atoms with van der Waals surface area (Å²) in [6.45, 7) is 3.31. The van der Waals surface area contributed by atoms with Gasteiger partial charge in [0.1, 0.15) is 0 Å². The van der Waals surface area contributed by atoms with Gasteiger partial charge in [-0.25, -0.2) is 0 Å². The SMILES string of the molecule is COc1cc2c(cc1OC)CN(CCCNC(=O)c1cc(Br)cc(OC)c1OC)CC2. The minimum atomic E-state index is -0.183. The van der Waals surface area contributed by atoms with Crippen molar-refractivity contribution in [1.29, 1.82) is 0 Å². The average molecular weight is 493 g/mol. The van der Waals surface area contributed by atoms with Crippen LogP contribution in [0.3, 0.4) is 0 Å². The molecule has 0 aliphatic carbocycles. The summed E-state index contributed by atoms with van der Waals surface area (Å²) in [6.07, 6.45) is 1.82. The van der Waals surface area contributed by atoms with Crippen LogP contribution in [0.1, 0.15) is 27.9 Å². The third-order valence-corrected chi connectivity index (χ3v) is 5.88. The van der Waals surface area contributed by atoms with Gasteiger partial charge in [0.25, 0.3) is 5.91 Å². The van der Waals surface area contributed by atoms with Crippen molar-refractivity contribution in [2.45, 2.75) is 19.4 Å². The second-order valence-electron chi connectivity index (χ2n) is 7.30. The highest BCUT2D eigenvalue weighted by molar-refractivity contribution is 9.10. The molecular formula is C23H29BrN2O5. The Morgan fingerprint density at radius 2 is 1.65 bits per heavy atom. The molecule has 168 valence electrons. The van der Waals surface area contributed by atoms with E-state index in [9.17, 15) is 4.79 Å². The molecular weight excluding hydrogens is 464 g/mol. The smallest absolute Gasteiger partial charge is 0.255 e. The predicted molar refractivity (Wildman–Crippen MR) is 123 cm³/mol. The summed E-state index contributed by atoms with van der Waals surface area (Å²) in [5.41, 5.74) is 3.01. The monoisotopic (exact) mass is 492 g/mol. The molecule has 0 atom stereocenters. The molecule has 0 saturated heterocycles. The molecule has 1 aliphatic rings. The van der Waals surface area contributed by atoms with E-state index in [2.05, 4.69) is 38.3 Å². The highest BCUT2D eigenvalue weighted by Gasteiger charge is 2.20. The van der Waals surface area contributed by atoms with Crippen LogP contribution < -0.4 is 24.3 Å². The third kappa shape index (κ3) is 5.43. The van der Waals surface area contributed by atoms with Gasteiger partial charge in [-0.15, -0.1) is 0 Å². The molecule has 0 aromatic heterocycles. The Labute approximate surface area is 191 Å². The van der Waals surface area contributed by atoms with Gasteiger partial charge in [0, 0.05) is 30.7 Å². The van der Waals surface area contributed by atoms with Gasteiger partial charge in [-0.05, 0) is 48.2 Å². The van der Waals surface area contributed by atoms with E-state index in [0.717, 1.165) is 48.4 Å². The predicted octanol–water partition coefficient (Wildman–Crippen LogP) is 3.66. The number of amides is 1. The van der Waals surface area contributed by atoms with E-state index in [4.69, 9.17) is 18.9 Å². The zero-order chi connectivity index (χ0) is 22.4. The van der Waals surface area contributed by atoms with Crippen LogP contribution in [0.25, 0.3) is 0 Å². The lowest BCUT2D eigenvalue weighted by Crippen LogP contribution is -2.34. The maximum Gasteiger partial charge on any atom is 0.255 e. The molecule has 0 fully saturated rings. The third-order valence-electron chi connectivity index (χ3n) is 5.42. The Morgan fingerprint density at radius 1 is 0.968 bits per heavy atom. The van der Waals surface area contributed by atoms with Gasteiger partial charge in [0.05, 0.1) is 34.0 Å². The number of methoxy groups -OCH3 is 4. The van der Waals surface area contributed by atoms with Crippen LogP contribution in [-0.4, -0.2) is 58.9 Å². The van der Waals surface area contributed by atoms with Gasteiger partial charge in [-0.3, -0.25) is 9.69 Å². The van der Waals surface area contributed by atoms with Crippen molar-refractivity contribution in [3.63, 3.8) is 0 Å². The Kier molecular flexibility index (Phi) is 8.03. The number of rotatable bonds is 9. The number of nitrogens with one attached hydrogen (secondary N) is 1. The van der Waals surface area contributed by atoms with E-state index < -0.39 is 0 Å². The van der Waals surface area contributed by atoms with Crippen molar-refractivity contribution in [2.24, 2.45) is 0 Å². The maximum absolute atomic E-state index is 12.7. The van der Waals surface area contributed by atoms with Crippen molar-refractivity contribution >= 4 is 21.8 Å². The van der Waals surface area contributed by atoms with Crippen LogP contribution in [0.5, 0.6) is 23.0 Å². The van der Waals surface area contributed by atoms with Crippen molar-refractivity contribution < 1.29 is 23.7 Å². The summed E-state index contributed by atoms with van der Waals surface area (Å²) < 4.78 is 22.3. The molecule has 1 heterocycles. The first-order valence-corrected chi connectivity index (χ1v) is 11.0. The summed E-state index contributed by atoms with van der Waals surface area (Å²) in [6, 6.07) is 7.65. The van der Waals surface area contributed by atoms with E-state index in [1.54, 1.807) is 33.5 Å². The Balaban J connectivity index is 1.54. The van der Waals surface area contributed by atoms with Crippen LogP contribution in [-0.2, 0) is 13.0 Å². The summed E-state index contributed by atoms with van der Waals surface area (Å²) in [4.78, 5) is 15.1. The molecule has 2 aromatic rings. The van der Waals surface area contributed by atoms with E-state index in [1.165, 1.54) is 18.2 Å². The molecule has 2 aromatic carbocycles. The number of halogens is 1. The molecule has 0 unspecified atom stereocenters. The largest absolute Gasteiger partial charge is 0.493 e. The second-order valence-corrected chi connectivity index (χ2v) is 8.22. The van der Waals surface area contributed by atoms with Gasteiger partial charge >= 0.3 is 0 Å². The molecule has 31 heavy (non-hydrogen) atoms. The molecule has 0 bridgehead atoms. The number of ether oxygens (including phenoxy) is 4. The van der Waals surface area contributed by atoms with Crippen LogP contribution in [0, 0.1) is 0 Å². The molecule has 1 amide bonds. The quantitative estimate of drug-likeness (QED) is 0.538. The van der Waals surface area contributed by atoms with Crippen LogP contribution in [0.2, 0.25) is 0 Å². The topological polar surface area (TPSA) is 69.3 Å². The fraction of sp³-hybridized carbons (Fsp3) is 0.435. The molecule has 1 aliphatic heterocycles. The van der Waals surface area contributed by atoms with E-state index >= 15 is 0 Å². The van der Waals surface area contributed by atoms with Crippen molar-refractivity contribution in [2.75, 3.05) is 48.1 Å². The first-order chi connectivity index (χ1) is 15.0. The average Bonchev–Trinajstić information content (AvgIpc) is 2.79. The summed E-state index contributed by atoms with van der Waals surface area (Å²) in [5.74, 6) is 2.30. The number of carbonyl (C=O) groups is 1. The van der Waals surface area contributed by atoms with Crippen LogP contribution in [0.4, 0.5) is 0 Å². The van der Waals surface area contributed by atoms with Crippen LogP contribution in [0.15, 0.2) is 28.7 Å². The Bertz CT molecular complexity index is 935. The summed E-state index contributed by atoms with van der Waals surface area (Å²) in [5, 5.41) is 2.99. The van der Waals surface area contributed by atoms with Crippen molar-refractivity contribution in [3.8, 4) is 23.0 Å². The minimum Gasteiger partial charge on any atom is -0.493 e. The minimum absolute atomic E-state index is 0.183. The lowest BCUT2D eigenvalue weighted by atomic mass is 9.98. The first-order valence-electron chi connectivity index (χ1n) is 10.2. The maximum atomic E-state index is 12.7. The number of fused-ring (bicyclic) bond motifs is 1. The van der Waals surface area contributed by atoms with Gasteiger partial charge in [-0.2, -0.15) is 0 Å². The van der Waals surface area contributed by atoms with Gasteiger partial charge in [0.15, 0.2) is 23.0 Å². The van der Waals surface area contributed by atoms with Crippen molar-refractivity contribution in [3.05, 3.63) is 45.4 Å². The molecule has 1 N–H and O–H groups in total. The number of hydrogen-bond acceptors (Lipinski definition) is 6. The number of hydrogen-bond donors (Lipinski definition) is 1. The van der Waals surface area contributed by atoms with E-state index in [0.29, 0.717) is 23.6 Å². The van der Waals surface area contributed by atoms with Gasteiger partial charge < -0.3 is 24.3 Å². The highest BCUT2D eigenvalue weighted by Crippen LogP contribution is 2.35. The summed E-state index contributed by atoms with van der Waals surface area (Å²) >= 11 is 3.41. The van der Waals surface area contributed by atoms with Gasteiger partial charge in [0.2, 0.25) is 0 Å². The Hall–Kier alpha value is -2.45. The number of carbonyl (C=O) groups excluding carboxylic acids is 1. The molecule has 0 spiro atoms. The zero-order valence-electron chi connectivity index (χ0n) is 18.4. The molecule has 0 radical (unpaired) electrons. The van der Waals surface area contributed by atoms with Gasteiger partial charge in [-0.1, -0.05) is 15.9 Å². The molecule has 7 nitrogen and oxygen atoms in total. The van der Waals surface area contributed by atoms with E-state index in [1.807, 2.05) is 0 Å². The molecule has 0 saturated carbocycles. The Morgan fingerprint density at radius 3 is 2.29 bits per heavy atom. The highest BCUT2D eigenvalue weighted by atomic mass is 79.9. The number of nitrogens with zero attached hydrogens (tertiary/aromatic N) is 1. The van der Waals surface area contributed by atoms with Crippen molar-refractivity contribution in [1.82, 2.24) is 10.2 Å². The normalized spacial score (nSPS) is 13.3. The standard InChI is InChI=1S/C23H29BrN2O5/c1-28-19-10-15-6-9-26(14-16(15)11-20(19)29-2)8-5-7-25-23(27)18-12-17(24)13-21(30-3)22(18)31-4/h10-13H,5-9,14H2,1-4H3,(H,25,27). The molecule has 3 rings (SSSR count). The van der Waals surface area contributed by atoms with E-state index in [-0.39, 0.29) is 5.91 Å². The fourth-order valence-corrected chi connectivity index (χ4v) is 4.27. The summed E-state index contributed by atoms with van der Waals surface area (Å²) in [7, 11) is 6.40. The van der Waals surface area contributed by atoms with Crippen LogP contribution >= 0.6 is 15.9 Å². The first kappa shape index (κ1) is 23.2. The lowest BCUT2D eigenvalue weighted by Gasteiger charge is -2.29. The zero-order valence-corrected chi connectivity index (χ0v) is 20.0. The molecule has 8 heteroatoms. The fourth-order valence-electron chi connectivity index (χ4n) is 3.83. The number of benzene rings is 2. The lowest BCUT2D eigenvalue weighted by molar-refractivity contribution is 0.0947.